The van der Waals surface area contributed by atoms with Crippen LogP contribution in [0.4, 0.5) is 0 Å². The smallest absolute Gasteiger partial charge is 0.457 e. The predicted molar refractivity (Wildman–Crippen MR) is 272 cm³/mol. The molecule has 12 nitrogen and oxygen atoms in total. The van der Waals surface area contributed by atoms with E-state index in [9.17, 15) is 39.8 Å². The molecule has 0 radical (unpaired) electrons. The number of carbonyl (C=O) groups excluding carboxylic acids is 1. The minimum atomic E-state index is -5.02. The van der Waals surface area contributed by atoms with Crippen LogP contribution < -0.4 is 0 Å². The fourth-order valence-electron chi connectivity index (χ4n) is 8.68. The van der Waals surface area contributed by atoms with E-state index in [4.69, 9.17) is 18.5 Å². The second-order valence-electron chi connectivity index (χ2n) is 19.4. The molecule has 1 rings (SSSR count). The molecule has 0 heterocycles. The van der Waals surface area contributed by atoms with Gasteiger partial charge in [0.25, 0.3) is 0 Å². The van der Waals surface area contributed by atoms with Gasteiger partial charge in [-0.2, -0.15) is 0 Å². The van der Waals surface area contributed by atoms with Crippen LogP contribution in [0.25, 0.3) is 0 Å². The molecule has 0 spiro atoms. The molecular formula is C54H103O12P. The van der Waals surface area contributed by atoms with Crippen molar-refractivity contribution < 1.29 is 58.3 Å². The number of hydrogen-bond acceptors (Lipinski definition) is 11. The highest BCUT2D eigenvalue weighted by Gasteiger charge is 2.51. The lowest BCUT2D eigenvalue weighted by Crippen LogP contribution is -2.64. The molecule has 67 heavy (non-hydrogen) atoms. The first-order valence-electron chi connectivity index (χ1n) is 27.7. The van der Waals surface area contributed by atoms with E-state index < -0.39 is 63.1 Å². The fourth-order valence-corrected chi connectivity index (χ4v) is 9.66. The van der Waals surface area contributed by atoms with E-state index in [1.54, 1.807) is 0 Å². The molecule has 1 aliphatic rings. The number of phosphoric acid groups is 1. The number of hydrogen-bond donors (Lipinski definition) is 6. The summed E-state index contributed by atoms with van der Waals surface area (Å²) < 4.78 is 34.4. The van der Waals surface area contributed by atoms with Crippen molar-refractivity contribution in [3.8, 4) is 0 Å². The van der Waals surface area contributed by atoms with Crippen molar-refractivity contribution in [3.05, 3.63) is 24.3 Å². The van der Waals surface area contributed by atoms with Crippen molar-refractivity contribution in [1.82, 2.24) is 0 Å². The summed E-state index contributed by atoms with van der Waals surface area (Å²) in [6.07, 6.45) is 41.0. The summed E-state index contributed by atoms with van der Waals surface area (Å²) in [5, 5.41) is 50.4. The monoisotopic (exact) mass is 975 g/mol. The number of unbranched alkanes of at least 4 members (excludes halogenated alkanes) is 32. The van der Waals surface area contributed by atoms with Gasteiger partial charge >= 0.3 is 13.8 Å². The number of esters is 1. The van der Waals surface area contributed by atoms with E-state index in [0.717, 1.165) is 57.8 Å². The van der Waals surface area contributed by atoms with Crippen molar-refractivity contribution in [2.45, 2.75) is 294 Å². The number of allylic oxidation sites excluding steroid dienone is 4. The number of ether oxygens (including phenoxy) is 2. The Bertz CT molecular complexity index is 1200. The van der Waals surface area contributed by atoms with E-state index >= 15 is 0 Å². The van der Waals surface area contributed by atoms with Crippen LogP contribution in [0.1, 0.15) is 251 Å². The van der Waals surface area contributed by atoms with Gasteiger partial charge in [0, 0.05) is 13.0 Å². The molecular weight excluding hydrogens is 872 g/mol. The topological polar surface area (TPSA) is 192 Å². The van der Waals surface area contributed by atoms with Crippen LogP contribution in [-0.2, 0) is 27.9 Å². The standard InChI is InChI=1S/C54H103O12P/c1-3-5-7-9-11-13-15-17-19-21-23-24-25-27-29-31-33-35-37-39-41-43-48(55)65-47(46-64-67(61,62)66-54-52(59)50(57)49(56)51(58)53(54)60)45-63-44-42-40-38-36-34-32-30-28-26-22-20-18-16-14-12-10-8-6-4-2/h14,16,20,22,47,49-54,56-60H,3-13,15,17-19,21,23-46H2,1-2H3,(H,61,62)/b16-14-,22-20-. The van der Waals surface area contributed by atoms with Crippen molar-refractivity contribution in [2.75, 3.05) is 19.8 Å². The first kappa shape index (κ1) is 63.8. The van der Waals surface area contributed by atoms with Crippen LogP contribution >= 0.6 is 7.82 Å². The maximum absolute atomic E-state index is 12.9. The Balaban J connectivity index is 2.30. The van der Waals surface area contributed by atoms with Crippen molar-refractivity contribution in [2.24, 2.45) is 0 Å². The molecule has 0 aromatic rings. The average Bonchev–Trinajstić information content (AvgIpc) is 3.31. The van der Waals surface area contributed by atoms with Crippen molar-refractivity contribution in [1.29, 1.82) is 0 Å². The quantitative estimate of drug-likeness (QED) is 0.0147. The molecule has 1 saturated carbocycles. The Morgan fingerprint density at radius 2 is 0.836 bits per heavy atom. The molecule has 0 aromatic heterocycles. The Kier molecular flexibility index (Phi) is 42.6. The zero-order valence-corrected chi connectivity index (χ0v) is 43.6. The molecule has 0 bridgehead atoms. The molecule has 0 amide bonds. The van der Waals surface area contributed by atoms with E-state index in [-0.39, 0.29) is 13.0 Å². The minimum absolute atomic E-state index is 0.0763. The minimum Gasteiger partial charge on any atom is -0.457 e. The Hall–Kier alpha value is -1.18. The van der Waals surface area contributed by atoms with Gasteiger partial charge in [-0.3, -0.25) is 13.8 Å². The van der Waals surface area contributed by atoms with Gasteiger partial charge in [-0.25, -0.2) is 4.57 Å². The van der Waals surface area contributed by atoms with Gasteiger partial charge in [0.1, 0.15) is 42.7 Å². The lowest BCUT2D eigenvalue weighted by Gasteiger charge is -2.41. The summed E-state index contributed by atoms with van der Waals surface area (Å²) in [5.41, 5.74) is 0. The highest BCUT2D eigenvalue weighted by molar-refractivity contribution is 7.47. The van der Waals surface area contributed by atoms with E-state index in [1.807, 2.05) is 0 Å². The molecule has 6 atom stereocenters. The maximum Gasteiger partial charge on any atom is 0.472 e. The third kappa shape index (κ3) is 36.4. The fraction of sp³-hybridized carbons (Fsp3) is 0.907. The molecule has 6 N–H and O–H groups in total. The number of carbonyl (C=O) groups is 1. The Morgan fingerprint density at radius 3 is 1.27 bits per heavy atom. The molecule has 1 fully saturated rings. The summed E-state index contributed by atoms with van der Waals surface area (Å²) in [6, 6.07) is 0. The van der Waals surface area contributed by atoms with Crippen molar-refractivity contribution in [3.63, 3.8) is 0 Å². The molecule has 0 aliphatic heterocycles. The maximum atomic E-state index is 12.9. The summed E-state index contributed by atoms with van der Waals surface area (Å²) in [4.78, 5) is 23.3. The largest absolute Gasteiger partial charge is 0.472 e. The normalized spacial score (nSPS) is 21.4. The average molecular weight is 975 g/mol. The highest BCUT2D eigenvalue weighted by atomic mass is 31.2. The summed E-state index contributed by atoms with van der Waals surface area (Å²) in [5.74, 6) is -0.473. The van der Waals surface area contributed by atoms with Gasteiger partial charge in [-0.1, -0.05) is 224 Å². The third-order valence-corrected chi connectivity index (χ3v) is 14.1. The zero-order chi connectivity index (χ0) is 49.1. The predicted octanol–water partition coefficient (Wildman–Crippen LogP) is 12.8. The van der Waals surface area contributed by atoms with Crippen LogP contribution in [0.15, 0.2) is 24.3 Å². The highest BCUT2D eigenvalue weighted by Crippen LogP contribution is 2.47. The molecule has 396 valence electrons. The summed E-state index contributed by atoms with van der Waals surface area (Å²) >= 11 is 0. The lowest BCUT2D eigenvalue weighted by atomic mass is 9.85. The lowest BCUT2D eigenvalue weighted by molar-refractivity contribution is -0.220. The van der Waals surface area contributed by atoms with E-state index in [1.165, 1.54) is 167 Å². The number of aliphatic hydroxyl groups is 5. The van der Waals surface area contributed by atoms with Crippen LogP contribution in [0.3, 0.4) is 0 Å². The van der Waals surface area contributed by atoms with E-state index in [2.05, 4.69) is 38.2 Å². The SMILES string of the molecule is CCCCCC/C=C\C/C=C\CCCCCCCCCCOCC(COP(=O)(O)OC1C(O)C(O)C(O)C(O)C1O)OC(=O)CCCCCCCCCCCCCCCCCCCCCCC. The molecule has 0 saturated heterocycles. The van der Waals surface area contributed by atoms with Gasteiger partial charge < -0.3 is 39.9 Å². The second kappa shape index (κ2) is 44.7. The molecule has 0 aromatic carbocycles. The number of phosphoric ester groups is 1. The van der Waals surface area contributed by atoms with Crippen LogP contribution in [0, 0.1) is 0 Å². The van der Waals surface area contributed by atoms with Gasteiger partial charge in [0.15, 0.2) is 0 Å². The molecule has 1 aliphatic carbocycles. The van der Waals surface area contributed by atoms with Gasteiger partial charge in [-0.05, 0) is 44.9 Å². The molecule has 6 unspecified atom stereocenters. The Labute approximate surface area is 409 Å². The van der Waals surface area contributed by atoms with Gasteiger partial charge in [-0.15, -0.1) is 0 Å². The Morgan fingerprint density at radius 1 is 0.478 bits per heavy atom. The zero-order valence-electron chi connectivity index (χ0n) is 42.7. The summed E-state index contributed by atoms with van der Waals surface area (Å²) in [7, 11) is -5.02. The van der Waals surface area contributed by atoms with E-state index in [0.29, 0.717) is 13.0 Å². The van der Waals surface area contributed by atoms with Gasteiger partial charge in [0.2, 0.25) is 0 Å². The number of rotatable bonds is 48. The second-order valence-corrected chi connectivity index (χ2v) is 20.8. The third-order valence-electron chi connectivity index (χ3n) is 13.1. The number of aliphatic hydroxyl groups excluding tert-OH is 5. The molecule has 13 heteroatoms. The first-order valence-corrected chi connectivity index (χ1v) is 29.2. The van der Waals surface area contributed by atoms with Crippen LogP contribution in [0.2, 0.25) is 0 Å². The summed E-state index contributed by atoms with van der Waals surface area (Å²) in [6.45, 7) is 4.28. The van der Waals surface area contributed by atoms with Crippen LogP contribution in [0.5, 0.6) is 0 Å². The van der Waals surface area contributed by atoms with Gasteiger partial charge in [0.05, 0.1) is 13.2 Å². The van der Waals surface area contributed by atoms with Crippen LogP contribution in [-0.4, -0.2) is 98.9 Å². The van der Waals surface area contributed by atoms with Crippen molar-refractivity contribution >= 4 is 13.8 Å². The first-order chi connectivity index (χ1) is 32.5.